The van der Waals surface area contributed by atoms with E-state index in [9.17, 15) is 0 Å². The average molecular weight is 297 g/mol. The average Bonchev–Trinajstić information content (AvgIpc) is 2.87. The summed E-state index contributed by atoms with van der Waals surface area (Å²) < 4.78 is 2.07. The molecule has 0 aliphatic heterocycles. The van der Waals surface area contributed by atoms with Gasteiger partial charge in [0.05, 0.1) is 28.7 Å². The molecule has 0 aliphatic rings. The van der Waals surface area contributed by atoms with Gasteiger partial charge in [-0.2, -0.15) is 5.26 Å². The summed E-state index contributed by atoms with van der Waals surface area (Å²) in [7, 11) is 0. The number of halogens is 1. The normalized spacial score (nSPS) is 12.2. The van der Waals surface area contributed by atoms with E-state index >= 15 is 0 Å². The van der Waals surface area contributed by atoms with Gasteiger partial charge in [-0.05, 0) is 30.7 Å². The van der Waals surface area contributed by atoms with Crippen LogP contribution in [0.25, 0.3) is 11.0 Å². The van der Waals surface area contributed by atoms with E-state index in [4.69, 9.17) is 16.9 Å². The Morgan fingerprint density at radius 1 is 1.38 bits per heavy atom. The number of pyridine rings is 1. The minimum Gasteiger partial charge on any atom is -0.322 e. The van der Waals surface area contributed by atoms with Gasteiger partial charge in [-0.3, -0.25) is 4.98 Å². The minimum absolute atomic E-state index is 0.198. The number of rotatable bonds is 3. The second-order valence-electron chi connectivity index (χ2n) is 4.85. The lowest BCUT2D eigenvalue weighted by atomic mass is 10.1. The largest absolute Gasteiger partial charge is 0.322 e. The summed E-state index contributed by atoms with van der Waals surface area (Å²) in [6, 6.07) is 11.7. The summed E-state index contributed by atoms with van der Waals surface area (Å²) in [6.07, 6.45) is 3.48. The van der Waals surface area contributed by atoms with Crippen molar-refractivity contribution in [3.8, 4) is 6.07 Å². The first-order chi connectivity index (χ1) is 10.2. The molecule has 0 radical (unpaired) electrons. The number of hydrogen-bond acceptors (Lipinski definition) is 3. The van der Waals surface area contributed by atoms with Gasteiger partial charge in [0.25, 0.3) is 0 Å². The Hall–Kier alpha value is -2.38. The monoisotopic (exact) mass is 296 g/mol. The van der Waals surface area contributed by atoms with E-state index in [0.29, 0.717) is 12.1 Å². The lowest BCUT2D eigenvalue weighted by molar-refractivity contribution is 0.742. The van der Waals surface area contributed by atoms with Crippen LogP contribution in [0.4, 0.5) is 0 Å². The molecule has 1 aromatic carbocycles. The van der Waals surface area contributed by atoms with Crippen LogP contribution in [0.3, 0.4) is 0 Å². The third kappa shape index (κ3) is 2.61. The third-order valence-electron chi connectivity index (χ3n) is 3.33. The van der Waals surface area contributed by atoms with Crippen LogP contribution in [-0.4, -0.2) is 14.5 Å². The Morgan fingerprint density at radius 3 is 3.00 bits per heavy atom. The van der Waals surface area contributed by atoms with E-state index in [1.807, 2.05) is 31.2 Å². The van der Waals surface area contributed by atoms with Gasteiger partial charge in [-0.15, -0.1) is 11.6 Å². The highest BCUT2D eigenvalue weighted by Gasteiger charge is 2.15. The summed E-state index contributed by atoms with van der Waals surface area (Å²) in [5, 5.41) is 8.81. The van der Waals surface area contributed by atoms with Crippen molar-refractivity contribution in [1.29, 1.82) is 5.26 Å². The molecule has 1 atom stereocenters. The van der Waals surface area contributed by atoms with Crippen LogP contribution in [-0.2, 0) is 6.54 Å². The van der Waals surface area contributed by atoms with Crippen LogP contribution < -0.4 is 0 Å². The molecular formula is C16H13ClN4. The highest BCUT2D eigenvalue weighted by molar-refractivity contribution is 6.20. The van der Waals surface area contributed by atoms with Crippen molar-refractivity contribution in [2.45, 2.75) is 18.8 Å². The highest BCUT2D eigenvalue weighted by Crippen LogP contribution is 2.25. The Balaban J connectivity index is 2.10. The van der Waals surface area contributed by atoms with Crippen LogP contribution in [0.2, 0.25) is 0 Å². The fraction of sp³-hybridized carbons (Fsp3) is 0.188. The maximum absolute atomic E-state index is 9.00. The third-order valence-corrected chi connectivity index (χ3v) is 3.53. The molecule has 1 unspecified atom stereocenters. The summed E-state index contributed by atoms with van der Waals surface area (Å²) in [4.78, 5) is 8.65. The van der Waals surface area contributed by atoms with Gasteiger partial charge >= 0.3 is 0 Å². The van der Waals surface area contributed by atoms with Crippen molar-refractivity contribution >= 4 is 22.6 Å². The molecule has 4 nitrogen and oxygen atoms in total. The number of hydrogen-bond donors (Lipinski definition) is 0. The summed E-state index contributed by atoms with van der Waals surface area (Å²) in [6.45, 7) is 2.53. The van der Waals surface area contributed by atoms with Crippen molar-refractivity contribution < 1.29 is 0 Å². The molecule has 0 N–H and O–H groups in total. The Morgan fingerprint density at radius 2 is 2.24 bits per heavy atom. The van der Waals surface area contributed by atoms with Crippen LogP contribution in [0.5, 0.6) is 0 Å². The summed E-state index contributed by atoms with van der Waals surface area (Å²) in [5.74, 6) is 0.807. The zero-order valence-electron chi connectivity index (χ0n) is 11.5. The molecule has 2 heterocycles. The first-order valence-corrected chi connectivity index (χ1v) is 7.06. The quantitative estimate of drug-likeness (QED) is 0.693. The Labute approximate surface area is 127 Å². The zero-order chi connectivity index (χ0) is 14.8. The maximum atomic E-state index is 9.00. The SMILES string of the molecule is CC(Cl)c1nc2cnccc2n1Cc1cccc(C#N)c1. The molecule has 0 spiro atoms. The van der Waals surface area contributed by atoms with E-state index in [1.165, 1.54) is 0 Å². The number of nitrogens with zero attached hydrogens (tertiary/aromatic N) is 4. The van der Waals surface area contributed by atoms with Crippen molar-refractivity contribution in [2.24, 2.45) is 0 Å². The highest BCUT2D eigenvalue weighted by atomic mass is 35.5. The van der Waals surface area contributed by atoms with Crippen molar-refractivity contribution in [3.63, 3.8) is 0 Å². The van der Waals surface area contributed by atoms with E-state index in [0.717, 1.165) is 22.4 Å². The first-order valence-electron chi connectivity index (χ1n) is 6.62. The molecule has 3 aromatic rings. The van der Waals surface area contributed by atoms with Crippen molar-refractivity contribution in [1.82, 2.24) is 14.5 Å². The number of aromatic nitrogens is 3. The number of nitriles is 1. The molecule has 2 aromatic heterocycles. The van der Waals surface area contributed by atoms with Crippen molar-refractivity contribution in [3.05, 3.63) is 59.7 Å². The molecule has 21 heavy (non-hydrogen) atoms. The lowest BCUT2D eigenvalue weighted by Crippen LogP contribution is -2.06. The predicted molar refractivity (Wildman–Crippen MR) is 82.1 cm³/mol. The van der Waals surface area contributed by atoms with E-state index < -0.39 is 0 Å². The van der Waals surface area contributed by atoms with Gasteiger partial charge in [-0.25, -0.2) is 4.98 Å². The van der Waals surface area contributed by atoms with Crippen LogP contribution in [0.1, 0.15) is 29.3 Å². The van der Waals surface area contributed by atoms with Crippen LogP contribution >= 0.6 is 11.6 Å². The first kappa shape index (κ1) is 13.6. The molecule has 3 rings (SSSR count). The fourth-order valence-corrected chi connectivity index (χ4v) is 2.56. The Bertz CT molecular complexity index is 830. The van der Waals surface area contributed by atoms with Gasteiger partial charge < -0.3 is 4.57 Å². The van der Waals surface area contributed by atoms with E-state index in [-0.39, 0.29) is 5.38 Å². The Kier molecular flexibility index (Phi) is 3.59. The summed E-state index contributed by atoms with van der Waals surface area (Å²) in [5.41, 5.74) is 3.52. The molecule has 0 aliphatic carbocycles. The van der Waals surface area contributed by atoms with Gasteiger partial charge in [0, 0.05) is 12.7 Å². The van der Waals surface area contributed by atoms with E-state index in [1.54, 1.807) is 18.5 Å². The molecule has 104 valence electrons. The zero-order valence-corrected chi connectivity index (χ0v) is 12.2. The van der Waals surface area contributed by atoms with Gasteiger partial charge in [0.15, 0.2) is 0 Å². The second-order valence-corrected chi connectivity index (χ2v) is 5.50. The maximum Gasteiger partial charge on any atom is 0.128 e. The van der Waals surface area contributed by atoms with Crippen LogP contribution in [0.15, 0.2) is 42.7 Å². The number of benzene rings is 1. The molecule has 0 amide bonds. The molecule has 5 heteroatoms. The van der Waals surface area contributed by atoms with Gasteiger partial charge in [-0.1, -0.05) is 12.1 Å². The number of fused-ring (bicyclic) bond motifs is 1. The van der Waals surface area contributed by atoms with E-state index in [2.05, 4.69) is 20.6 Å². The molecule has 0 bridgehead atoms. The smallest absolute Gasteiger partial charge is 0.128 e. The standard InChI is InChI=1S/C16H13ClN4/c1-11(17)16-20-14-9-19-6-5-15(14)21(16)10-13-4-2-3-12(7-13)8-18/h2-7,9,11H,10H2,1H3. The second kappa shape index (κ2) is 5.55. The lowest BCUT2D eigenvalue weighted by Gasteiger charge is -2.10. The molecular weight excluding hydrogens is 284 g/mol. The molecule has 0 fully saturated rings. The molecule has 0 saturated carbocycles. The predicted octanol–water partition coefficient (Wildman–Crippen LogP) is 3.65. The number of alkyl halides is 1. The number of imidazole rings is 1. The topological polar surface area (TPSA) is 54.5 Å². The molecule has 0 saturated heterocycles. The fourth-order valence-electron chi connectivity index (χ4n) is 2.39. The minimum atomic E-state index is -0.198. The van der Waals surface area contributed by atoms with Crippen molar-refractivity contribution in [2.75, 3.05) is 0 Å². The summed E-state index contributed by atoms with van der Waals surface area (Å²) >= 11 is 6.25. The van der Waals surface area contributed by atoms with Gasteiger partial charge in [0.2, 0.25) is 0 Å². The van der Waals surface area contributed by atoms with Gasteiger partial charge in [0.1, 0.15) is 11.3 Å². The van der Waals surface area contributed by atoms with Crippen LogP contribution in [0, 0.1) is 11.3 Å².